The summed E-state index contributed by atoms with van der Waals surface area (Å²) in [4.78, 5) is 12.0. The minimum absolute atomic E-state index is 0. The van der Waals surface area contributed by atoms with Crippen LogP contribution in [-0.4, -0.2) is 19.1 Å². The van der Waals surface area contributed by atoms with Crippen molar-refractivity contribution < 1.29 is 9.53 Å². The van der Waals surface area contributed by atoms with Gasteiger partial charge < -0.3 is 15.8 Å². The Balaban J connectivity index is 0.00000324. The van der Waals surface area contributed by atoms with E-state index < -0.39 is 0 Å². The van der Waals surface area contributed by atoms with Crippen molar-refractivity contribution in [3.63, 3.8) is 0 Å². The molecule has 1 amide bonds. The number of nitrogens with one attached hydrogen (secondary N) is 1. The summed E-state index contributed by atoms with van der Waals surface area (Å²) in [6.07, 6.45) is 0. The fourth-order valence-corrected chi connectivity index (χ4v) is 1.93. The molecule has 0 fully saturated rings. The van der Waals surface area contributed by atoms with Crippen molar-refractivity contribution in [2.45, 2.75) is 26.5 Å². The first-order valence-electron chi connectivity index (χ1n) is 5.80. The van der Waals surface area contributed by atoms with E-state index in [0.29, 0.717) is 6.61 Å². The number of carbonyl (C=O) groups excluding carboxylic acids is 1. The fraction of sp³-hybridized carbons (Fsp3) is 0.462. The molecule has 0 aliphatic heterocycles. The lowest BCUT2D eigenvalue weighted by Gasteiger charge is -2.17. The Hall–Kier alpha value is -0.620. The van der Waals surface area contributed by atoms with Crippen molar-refractivity contribution in [2.24, 2.45) is 11.7 Å². The summed E-state index contributed by atoms with van der Waals surface area (Å²) in [5.74, 6) is -0.320. The van der Waals surface area contributed by atoms with E-state index in [4.69, 9.17) is 10.5 Å². The summed E-state index contributed by atoms with van der Waals surface area (Å²) in [6.45, 7) is 4.07. The van der Waals surface area contributed by atoms with Crippen LogP contribution in [0.5, 0.6) is 0 Å². The second-order valence-corrected chi connectivity index (χ2v) is 5.19. The minimum Gasteiger partial charge on any atom is -0.380 e. The van der Waals surface area contributed by atoms with Crippen LogP contribution in [0.1, 0.15) is 19.4 Å². The molecule has 108 valence electrons. The number of hydrogen-bond acceptors (Lipinski definition) is 3. The van der Waals surface area contributed by atoms with Crippen molar-refractivity contribution >= 4 is 39.9 Å². The monoisotopic (exact) mass is 350 g/mol. The molecule has 0 heterocycles. The van der Waals surface area contributed by atoms with Gasteiger partial charge in [-0.05, 0) is 19.1 Å². The summed E-state index contributed by atoms with van der Waals surface area (Å²) < 4.78 is 6.05. The Bertz CT molecular complexity index is 427. The number of benzene rings is 1. The number of carbonyl (C=O) groups is 1. The zero-order valence-electron chi connectivity index (χ0n) is 11.3. The summed E-state index contributed by atoms with van der Waals surface area (Å²) >= 11 is 3.45. The number of ether oxygens (including phenoxy) is 1. The maximum Gasteiger partial charge on any atom is 0.228 e. The number of nitrogens with two attached hydrogens (primary N) is 1. The smallest absolute Gasteiger partial charge is 0.228 e. The molecule has 3 N–H and O–H groups in total. The molecule has 0 saturated carbocycles. The number of anilines is 1. The van der Waals surface area contributed by atoms with Gasteiger partial charge in [-0.1, -0.05) is 28.9 Å². The van der Waals surface area contributed by atoms with Gasteiger partial charge in [0.25, 0.3) is 0 Å². The van der Waals surface area contributed by atoms with E-state index in [9.17, 15) is 4.79 Å². The Morgan fingerprint density at radius 2 is 2.11 bits per heavy atom. The summed E-state index contributed by atoms with van der Waals surface area (Å²) in [7, 11) is 1.62. The number of halogens is 2. The van der Waals surface area contributed by atoms with E-state index in [1.54, 1.807) is 7.11 Å². The van der Waals surface area contributed by atoms with Gasteiger partial charge >= 0.3 is 0 Å². The van der Waals surface area contributed by atoms with Gasteiger partial charge in [0, 0.05) is 28.9 Å². The summed E-state index contributed by atoms with van der Waals surface area (Å²) in [5, 5.41) is 2.89. The predicted octanol–water partition coefficient (Wildman–Crippen LogP) is 2.94. The Kier molecular flexibility index (Phi) is 8.25. The zero-order valence-corrected chi connectivity index (χ0v) is 13.7. The number of rotatable bonds is 5. The first-order valence-corrected chi connectivity index (χ1v) is 6.59. The van der Waals surface area contributed by atoms with Gasteiger partial charge in [0.1, 0.15) is 0 Å². The summed E-state index contributed by atoms with van der Waals surface area (Å²) in [6, 6.07) is 5.46. The van der Waals surface area contributed by atoms with Crippen LogP contribution in [0.4, 0.5) is 5.69 Å². The highest BCUT2D eigenvalue weighted by Gasteiger charge is 2.18. The van der Waals surface area contributed by atoms with Gasteiger partial charge in [-0.2, -0.15) is 0 Å². The maximum atomic E-state index is 12.0. The van der Waals surface area contributed by atoms with E-state index in [2.05, 4.69) is 21.2 Å². The quantitative estimate of drug-likeness (QED) is 0.857. The van der Waals surface area contributed by atoms with E-state index >= 15 is 0 Å². The van der Waals surface area contributed by atoms with Gasteiger partial charge in [-0.25, -0.2) is 0 Å². The Labute approximate surface area is 128 Å². The number of methoxy groups -OCH3 is 1. The highest BCUT2D eigenvalue weighted by atomic mass is 79.9. The van der Waals surface area contributed by atoms with Crippen LogP contribution >= 0.6 is 28.3 Å². The van der Waals surface area contributed by atoms with E-state index in [0.717, 1.165) is 15.7 Å². The lowest BCUT2D eigenvalue weighted by atomic mass is 10.0. The first kappa shape index (κ1) is 18.4. The average Bonchev–Trinajstić information content (AvgIpc) is 2.32. The molecule has 19 heavy (non-hydrogen) atoms. The standard InChI is InChI=1S/C13H19BrN2O2.ClH/c1-8(9(2)15)13(17)16-12-6-4-5-11(14)10(12)7-18-3;/h4-6,8-9H,7,15H2,1-3H3,(H,16,17);1H. The molecule has 2 unspecified atom stereocenters. The molecule has 6 heteroatoms. The molecule has 0 bridgehead atoms. The molecule has 4 nitrogen and oxygen atoms in total. The molecule has 1 rings (SSSR count). The molecule has 0 saturated heterocycles. The van der Waals surface area contributed by atoms with E-state index in [1.165, 1.54) is 0 Å². The highest BCUT2D eigenvalue weighted by molar-refractivity contribution is 9.10. The third kappa shape index (κ3) is 5.10. The molecule has 0 aliphatic carbocycles. The van der Waals surface area contributed by atoms with Gasteiger partial charge in [0.2, 0.25) is 5.91 Å². The molecule has 0 aliphatic rings. The second kappa shape index (κ2) is 8.53. The molecule has 1 aromatic rings. The second-order valence-electron chi connectivity index (χ2n) is 4.34. The molecule has 0 spiro atoms. The third-order valence-corrected chi connectivity index (χ3v) is 3.61. The van der Waals surface area contributed by atoms with E-state index in [-0.39, 0.29) is 30.3 Å². The lowest BCUT2D eigenvalue weighted by molar-refractivity contribution is -0.119. The third-order valence-electron chi connectivity index (χ3n) is 2.87. The predicted molar refractivity (Wildman–Crippen MR) is 83.5 cm³/mol. The van der Waals surface area contributed by atoms with Crippen molar-refractivity contribution in [1.29, 1.82) is 0 Å². The van der Waals surface area contributed by atoms with Crippen LogP contribution in [0.15, 0.2) is 22.7 Å². The van der Waals surface area contributed by atoms with Crippen LogP contribution in [0, 0.1) is 5.92 Å². The van der Waals surface area contributed by atoms with Crippen molar-refractivity contribution in [2.75, 3.05) is 12.4 Å². The first-order chi connectivity index (χ1) is 8.47. The van der Waals surface area contributed by atoms with Crippen molar-refractivity contribution in [3.05, 3.63) is 28.2 Å². The SMILES string of the molecule is COCc1c(Br)cccc1NC(=O)C(C)C(C)N.Cl. The largest absolute Gasteiger partial charge is 0.380 e. The topological polar surface area (TPSA) is 64.3 Å². The fourth-order valence-electron chi connectivity index (χ4n) is 1.45. The van der Waals surface area contributed by atoms with Crippen LogP contribution in [0.2, 0.25) is 0 Å². The van der Waals surface area contributed by atoms with Gasteiger partial charge in [0.15, 0.2) is 0 Å². The van der Waals surface area contributed by atoms with Gasteiger partial charge in [-0.3, -0.25) is 4.79 Å². The lowest BCUT2D eigenvalue weighted by Crippen LogP contribution is -2.34. The van der Waals surface area contributed by atoms with Crippen LogP contribution in [0.3, 0.4) is 0 Å². The highest BCUT2D eigenvalue weighted by Crippen LogP contribution is 2.26. The zero-order chi connectivity index (χ0) is 13.7. The number of amides is 1. The van der Waals surface area contributed by atoms with Gasteiger partial charge in [0.05, 0.1) is 12.5 Å². The normalized spacial score (nSPS) is 13.3. The maximum absolute atomic E-state index is 12.0. The average molecular weight is 352 g/mol. The molecule has 0 aromatic heterocycles. The number of hydrogen-bond donors (Lipinski definition) is 2. The van der Waals surface area contributed by atoms with Gasteiger partial charge in [-0.15, -0.1) is 12.4 Å². The van der Waals surface area contributed by atoms with Crippen LogP contribution in [0.25, 0.3) is 0 Å². The molecular weight excluding hydrogens is 332 g/mol. The van der Waals surface area contributed by atoms with E-state index in [1.807, 2.05) is 32.0 Å². The minimum atomic E-state index is -0.237. The molecular formula is C13H20BrClN2O2. The molecule has 0 radical (unpaired) electrons. The Morgan fingerprint density at radius 3 is 2.63 bits per heavy atom. The molecule has 1 aromatic carbocycles. The van der Waals surface area contributed by atoms with Crippen LogP contribution < -0.4 is 11.1 Å². The summed E-state index contributed by atoms with van der Waals surface area (Å²) in [5.41, 5.74) is 7.40. The Morgan fingerprint density at radius 1 is 1.47 bits per heavy atom. The van der Waals surface area contributed by atoms with Crippen LogP contribution in [-0.2, 0) is 16.1 Å². The molecule has 2 atom stereocenters. The van der Waals surface area contributed by atoms with Crippen molar-refractivity contribution in [1.82, 2.24) is 0 Å². The van der Waals surface area contributed by atoms with Crippen molar-refractivity contribution in [3.8, 4) is 0 Å².